The zero-order valence-corrected chi connectivity index (χ0v) is 14.1. The molecular weight excluding hydrogens is 314 g/mol. The van der Waals surface area contributed by atoms with Crippen LogP contribution in [-0.4, -0.2) is 32.0 Å². The summed E-state index contributed by atoms with van der Waals surface area (Å²) in [7, 11) is -3.50. The number of hydrogen-bond donors (Lipinski definition) is 2. The highest BCUT2D eigenvalue weighted by Gasteiger charge is 2.24. The van der Waals surface area contributed by atoms with Gasteiger partial charge in [0.2, 0.25) is 10.0 Å². The van der Waals surface area contributed by atoms with E-state index in [9.17, 15) is 8.42 Å². The maximum Gasteiger partial charge on any atom is 0.240 e. The number of benzene rings is 1. The Bertz CT molecular complexity index is 768. The molecule has 3 rings (SSSR count). The second kappa shape index (κ2) is 6.43. The number of nitrogens with one attached hydrogen (secondary N) is 2. The van der Waals surface area contributed by atoms with Crippen molar-refractivity contribution in [2.75, 3.05) is 6.54 Å². The van der Waals surface area contributed by atoms with E-state index in [1.807, 2.05) is 0 Å². The summed E-state index contributed by atoms with van der Waals surface area (Å²) in [5, 5.41) is 3.31. The first-order valence-electron chi connectivity index (χ1n) is 7.72. The van der Waals surface area contributed by atoms with Gasteiger partial charge in [0.25, 0.3) is 0 Å². The molecule has 0 aliphatic carbocycles. The molecule has 1 aliphatic heterocycles. The van der Waals surface area contributed by atoms with Gasteiger partial charge >= 0.3 is 0 Å². The van der Waals surface area contributed by atoms with Crippen LogP contribution in [0.5, 0.6) is 0 Å². The van der Waals surface area contributed by atoms with Crippen LogP contribution >= 0.6 is 0 Å². The van der Waals surface area contributed by atoms with Crippen molar-refractivity contribution in [3.8, 4) is 11.3 Å². The third-order valence-corrected chi connectivity index (χ3v) is 5.56. The summed E-state index contributed by atoms with van der Waals surface area (Å²) in [6.07, 6.45) is 3.17. The fourth-order valence-corrected chi connectivity index (χ4v) is 4.11. The number of hydrogen-bond acceptors (Lipinski definition) is 5. The highest BCUT2D eigenvalue weighted by atomic mass is 32.2. The first-order valence-corrected chi connectivity index (χ1v) is 9.20. The standard InChI is InChI=1S/C16H21N3O3S/c1-11-9-14(7-8-17-11)19-23(20,21)15-5-3-13(4-6-15)16-10-22-12(2)18-16/h3-6,10-11,14,17,19H,7-9H2,1-2H3. The van der Waals surface area contributed by atoms with Gasteiger partial charge in [-0.15, -0.1) is 0 Å². The average molecular weight is 335 g/mol. The van der Waals surface area contributed by atoms with E-state index in [0.717, 1.165) is 24.9 Å². The lowest BCUT2D eigenvalue weighted by Crippen LogP contribution is -2.46. The largest absolute Gasteiger partial charge is 0.449 e. The number of rotatable bonds is 4. The molecule has 1 aliphatic rings. The van der Waals surface area contributed by atoms with Gasteiger partial charge in [-0.3, -0.25) is 0 Å². The van der Waals surface area contributed by atoms with Crippen LogP contribution < -0.4 is 10.0 Å². The molecule has 7 heteroatoms. The van der Waals surface area contributed by atoms with Crippen LogP contribution in [0.1, 0.15) is 25.7 Å². The molecular formula is C16H21N3O3S. The zero-order chi connectivity index (χ0) is 16.4. The molecule has 23 heavy (non-hydrogen) atoms. The number of aryl methyl sites for hydroxylation is 1. The molecule has 2 N–H and O–H groups in total. The summed E-state index contributed by atoms with van der Waals surface area (Å²) >= 11 is 0. The summed E-state index contributed by atoms with van der Waals surface area (Å²) in [5.74, 6) is 0.582. The minimum absolute atomic E-state index is 0.0193. The molecule has 1 saturated heterocycles. The molecule has 2 unspecified atom stereocenters. The number of aromatic nitrogens is 1. The van der Waals surface area contributed by atoms with E-state index in [4.69, 9.17) is 4.42 Å². The van der Waals surface area contributed by atoms with Gasteiger partial charge in [0, 0.05) is 24.6 Å². The van der Waals surface area contributed by atoms with E-state index in [-0.39, 0.29) is 10.9 Å². The van der Waals surface area contributed by atoms with Crippen molar-refractivity contribution in [2.24, 2.45) is 0 Å². The third-order valence-electron chi connectivity index (χ3n) is 4.02. The highest BCUT2D eigenvalue weighted by Crippen LogP contribution is 2.21. The van der Waals surface area contributed by atoms with Gasteiger partial charge in [0.15, 0.2) is 5.89 Å². The summed E-state index contributed by atoms with van der Waals surface area (Å²) in [6, 6.07) is 7.01. The Balaban J connectivity index is 1.75. The molecule has 124 valence electrons. The summed E-state index contributed by atoms with van der Waals surface area (Å²) in [5.41, 5.74) is 1.53. The second-order valence-electron chi connectivity index (χ2n) is 5.97. The van der Waals surface area contributed by atoms with Crippen molar-refractivity contribution in [1.29, 1.82) is 0 Å². The number of sulfonamides is 1. The van der Waals surface area contributed by atoms with Gasteiger partial charge in [-0.05, 0) is 38.4 Å². The monoisotopic (exact) mass is 335 g/mol. The summed E-state index contributed by atoms with van der Waals surface area (Å²) in [6.45, 7) is 4.67. The van der Waals surface area contributed by atoms with Gasteiger partial charge in [0.05, 0.1) is 4.90 Å². The molecule has 1 aromatic carbocycles. The first kappa shape index (κ1) is 16.2. The van der Waals surface area contributed by atoms with Gasteiger partial charge in [-0.1, -0.05) is 12.1 Å². The van der Waals surface area contributed by atoms with E-state index >= 15 is 0 Å². The van der Waals surface area contributed by atoms with Crippen molar-refractivity contribution in [3.05, 3.63) is 36.4 Å². The Morgan fingerprint density at radius 1 is 1.30 bits per heavy atom. The highest BCUT2D eigenvalue weighted by molar-refractivity contribution is 7.89. The predicted octanol–water partition coefficient (Wildman–Crippen LogP) is 2.07. The Morgan fingerprint density at radius 2 is 2.04 bits per heavy atom. The van der Waals surface area contributed by atoms with Crippen LogP contribution in [0.25, 0.3) is 11.3 Å². The van der Waals surface area contributed by atoms with E-state index < -0.39 is 10.0 Å². The van der Waals surface area contributed by atoms with E-state index in [1.165, 1.54) is 0 Å². The zero-order valence-electron chi connectivity index (χ0n) is 13.2. The van der Waals surface area contributed by atoms with Crippen molar-refractivity contribution in [1.82, 2.24) is 15.0 Å². The minimum atomic E-state index is -3.50. The molecule has 0 radical (unpaired) electrons. The van der Waals surface area contributed by atoms with Crippen LogP contribution in [0.2, 0.25) is 0 Å². The van der Waals surface area contributed by atoms with Gasteiger partial charge in [-0.2, -0.15) is 0 Å². The quantitative estimate of drug-likeness (QED) is 0.893. The lowest BCUT2D eigenvalue weighted by molar-refractivity contribution is 0.361. The predicted molar refractivity (Wildman–Crippen MR) is 87.5 cm³/mol. The van der Waals surface area contributed by atoms with Crippen LogP contribution in [0, 0.1) is 6.92 Å². The van der Waals surface area contributed by atoms with Crippen molar-refractivity contribution >= 4 is 10.0 Å². The minimum Gasteiger partial charge on any atom is -0.449 e. The Hall–Kier alpha value is -1.70. The normalized spacial score (nSPS) is 22.2. The molecule has 0 amide bonds. The van der Waals surface area contributed by atoms with Gasteiger partial charge in [-0.25, -0.2) is 18.1 Å². The van der Waals surface area contributed by atoms with E-state index in [0.29, 0.717) is 17.6 Å². The molecule has 0 saturated carbocycles. The molecule has 2 heterocycles. The van der Waals surface area contributed by atoms with Gasteiger partial charge in [0.1, 0.15) is 12.0 Å². The van der Waals surface area contributed by atoms with Crippen LogP contribution in [0.15, 0.2) is 39.8 Å². The molecule has 6 nitrogen and oxygen atoms in total. The number of piperidine rings is 1. The lowest BCUT2D eigenvalue weighted by atomic mass is 10.0. The fraction of sp³-hybridized carbons (Fsp3) is 0.438. The lowest BCUT2D eigenvalue weighted by Gasteiger charge is -2.28. The molecule has 0 bridgehead atoms. The summed E-state index contributed by atoms with van der Waals surface area (Å²) < 4.78 is 33.0. The Labute approximate surface area is 136 Å². The maximum atomic E-state index is 12.5. The topological polar surface area (TPSA) is 84.2 Å². The first-order chi connectivity index (χ1) is 10.9. The van der Waals surface area contributed by atoms with E-state index in [1.54, 1.807) is 37.5 Å². The van der Waals surface area contributed by atoms with Crippen LogP contribution in [0.4, 0.5) is 0 Å². The smallest absolute Gasteiger partial charge is 0.240 e. The maximum absolute atomic E-state index is 12.5. The van der Waals surface area contributed by atoms with Crippen LogP contribution in [-0.2, 0) is 10.0 Å². The Morgan fingerprint density at radius 3 is 2.65 bits per heavy atom. The molecule has 2 aromatic rings. The third kappa shape index (κ3) is 3.80. The average Bonchev–Trinajstić information content (AvgIpc) is 2.93. The van der Waals surface area contributed by atoms with Crippen molar-refractivity contribution in [3.63, 3.8) is 0 Å². The van der Waals surface area contributed by atoms with Crippen molar-refractivity contribution in [2.45, 2.75) is 43.7 Å². The fourth-order valence-electron chi connectivity index (χ4n) is 2.83. The SMILES string of the molecule is Cc1nc(-c2ccc(S(=O)(=O)NC3CCNC(C)C3)cc2)co1. The van der Waals surface area contributed by atoms with E-state index in [2.05, 4.69) is 21.9 Å². The van der Waals surface area contributed by atoms with Crippen molar-refractivity contribution < 1.29 is 12.8 Å². The Kier molecular flexibility index (Phi) is 4.52. The molecule has 1 aromatic heterocycles. The van der Waals surface area contributed by atoms with Gasteiger partial charge < -0.3 is 9.73 Å². The number of nitrogens with zero attached hydrogens (tertiary/aromatic N) is 1. The number of oxazole rings is 1. The molecule has 1 fully saturated rings. The summed E-state index contributed by atoms with van der Waals surface area (Å²) in [4.78, 5) is 4.51. The molecule has 0 spiro atoms. The van der Waals surface area contributed by atoms with Crippen LogP contribution in [0.3, 0.4) is 0 Å². The second-order valence-corrected chi connectivity index (χ2v) is 7.69. The molecule has 2 atom stereocenters.